The van der Waals surface area contributed by atoms with Crippen LogP contribution < -0.4 is 5.56 Å². The Balaban J connectivity index is 1.50. The molecule has 146 valence electrons. The number of piperidine rings is 1. The molecule has 1 saturated heterocycles. The van der Waals surface area contributed by atoms with Crippen molar-refractivity contribution in [2.45, 2.75) is 32.7 Å². The summed E-state index contributed by atoms with van der Waals surface area (Å²) in [6, 6.07) is 7.69. The molecule has 0 unspecified atom stereocenters. The maximum Gasteiger partial charge on any atom is 0.276 e. The molecule has 0 spiro atoms. The Kier molecular flexibility index (Phi) is 4.98. The number of amides is 1. The van der Waals surface area contributed by atoms with E-state index in [-0.39, 0.29) is 17.3 Å². The van der Waals surface area contributed by atoms with Crippen molar-refractivity contribution in [3.8, 4) is 11.3 Å². The van der Waals surface area contributed by atoms with Gasteiger partial charge in [0.05, 0.1) is 5.69 Å². The second-order valence-corrected chi connectivity index (χ2v) is 7.48. The van der Waals surface area contributed by atoms with Crippen LogP contribution in [0.4, 0.5) is 4.39 Å². The van der Waals surface area contributed by atoms with Gasteiger partial charge in [0.15, 0.2) is 0 Å². The molecule has 4 rings (SSSR count). The highest BCUT2D eigenvalue weighted by atomic mass is 19.1. The molecule has 1 fully saturated rings. The van der Waals surface area contributed by atoms with Gasteiger partial charge in [0.1, 0.15) is 11.3 Å². The number of halogens is 1. The molecule has 28 heavy (non-hydrogen) atoms. The molecule has 1 aromatic carbocycles. The minimum atomic E-state index is -0.317. The van der Waals surface area contributed by atoms with E-state index >= 15 is 0 Å². The van der Waals surface area contributed by atoms with E-state index in [4.69, 9.17) is 0 Å². The topological polar surface area (TPSA) is 59.6 Å². The zero-order chi connectivity index (χ0) is 19.7. The van der Waals surface area contributed by atoms with Gasteiger partial charge in [-0.25, -0.2) is 8.91 Å². The number of benzene rings is 1. The molecule has 0 N–H and O–H groups in total. The maximum atomic E-state index is 13.1. The molecule has 0 radical (unpaired) electrons. The largest absolute Gasteiger partial charge is 0.343 e. The van der Waals surface area contributed by atoms with Gasteiger partial charge < -0.3 is 9.47 Å². The summed E-state index contributed by atoms with van der Waals surface area (Å²) >= 11 is 0. The number of hydrogen-bond acceptors (Lipinski definition) is 3. The minimum Gasteiger partial charge on any atom is -0.343 e. The Morgan fingerprint density at radius 2 is 1.89 bits per heavy atom. The molecule has 0 bridgehead atoms. The Morgan fingerprint density at radius 3 is 2.61 bits per heavy atom. The average molecular weight is 382 g/mol. The summed E-state index contributed by atoms with van der Waals surface area (Å²) in [6.07, 6.45) is 5.75. The number of carbonyl (C=O) groups excluding carboxylic acids is 1. The molecular weight excluding hydrogens is 359 g/mol. The summed E-state index contributed by atoms with van der Waals surface area (Å²) in [5.74, 6) is 0.452. The third kappa shape index (κ3) is 3.69. The fourth-order valence-corrected chi connectivity index (χ4v) is 3.60. The van der Waals surface area contributed by atoms with Gasteiger partial charge >= 0.3 is 0 Å². The molecule has 1 aliphatic heterocycles. The second-order valence-electron chi connectivity index (χ2n) is 7.48. The standard InChI is InChI=1S/C21H23FN4O2/c1-15-6-9-24(10-7-15)20(27)8-11-25-12-13-26-19(21(25)28)14-18(23-26)16-2-4-17(22)5-3-16/h2-5,12-15H,6-11H2,1H3. The van der Waals surface area contributed by atoms with E-state index in [9.17, 15) is 14.0 Å². The summed E-state index contributed by atoms with van der Waals surface area (Å²) in [4.78, 5) is 27.1. The monoisotopic (exact) mass is 382 g/mol. The van der Waals surface area contributed by atoms with E-state index in [1.54, 1.807) is 35.2 Å². The first-order valence-electron chi connectivity index (χ1n) is 9.64. The summed E-state index contributed by atoms with van der Waals surface area (Å²) in [5, 5.41) is 4.40. The molecule has 0 saturated carbocycles. The molecular formula is C21H23FN4O2. The van der Waals surface area contributed by atoms with Gasteiger partial charge in [0.25, 0.3) is 5.56 Å². The Bertz CT molecular complexity index is 1050. The maximum absolute atomic E-state index is 13.1. The highest BCUT2D eigenvalue weighted by Gasteiger charge is 2.20. The quantitative estimate of drug-likeness (QED) is 0.697. The molecule has 3 aromatic rings. The number of rotatable bonds is 4. The molecule has 3 heterocycles. The van der Waals surface area contributed by atoms with Crippen LogP contribution in [0, 0.1) is 11.7 Å². The zero-order valence-electron chi connectivity index (χ0n) is 15.8. The lowest BCUT2D eigenvalue weighted by molar-refractivity contribution is -0.132. The number of likely N-dealkylation sites (tertiary alicyclic amines) is 1. The first-order valence-corrected chi connectivity index (χ1v) is 9.64. The fourth-order valence-electron chi connectivity index (χ4n) is 3.60. The molecule has 2 aromatic heterocycles. The summed E-state index contributed by atoms with van der Waals surface area (Å²) in [5.41, 5.74) is 1.59. The first-order chi connectivity index (χ1) is 13.5. The lowest BCUT2D eigenvalue weighted by atomic mass is 9.99. The van der Waals surface area contributed by atoms with Crippen molar-refractivity contribution in [3.63, 3.8) is 0 Å². The number of aryl methyl sites for hydroxylation is 1. The van der Waals surface area contributed by atoms with Crippen molar-refractivity contribution in [1.29, 1.82) is 0 Å². The van der Waals surface area contributed by atoms with Gasteiger partial charge in [0, 0.05) is 44.0 Å². The van der Waals surface area contributed by atoms with Crippen molar-refractivity contribution in [2.75, 3.05) is 13.1 Å². The van der Waals surface area contributed by atoms with Gasteiger partial charge in [-0.3, -0.25) is 9.59 Å². The highest BCUT2D eigenvalue weighted by molar-refractivity contribution is 5.76. The first kappa shape index (κ1) is 18.4. The summed E-state index contributed by atoms with van der Waals surface area (Å²) < 4.78 is 16.2. The normalized spacial score (nSPS) is 15.3. The number of fused-ring (bicyclic) bond motifs is 1. The lowest BCUT2D eigenvalue weighted by Crippen LogP contribution is -2.38. The van der Waals surface area contributed by atoms with Gasteiger partial charge in [-0.2, -0.15) is 5.10 Å². The SMILES string of the molecule is CC1CCN(C(=O)CCn2ccn3nc(-c4ccc(F)cc4)cc3c2=O)CC1. The highest BCUT2D eigenvalue weighted by Crippen LogP contribution is 2.19. The third-order valence-electron chi connectivity index (χ3n) is 5.45. The Morgan fingerprint density at radius 1 is 1.18 bits per heavy atom. The molecule has 0 aliphatic carbocycles. The van der Waals surface area contributed by atoms with Crippen molar-refractivity contribution >= 4 is 11.4 Å². The van der Waals surface area contributed by atoms with Crippen LogP contribution in [0.25, 0.3) is 16.8 Å². The predicted molar refractivity (Wildman–Crippen MR) is 104 cm³/mol. The summed E-state index contributed by atoms with van der Waals surface area (Å²) in [6.45, 7) is 4.16. The Labute approximate surface area is 162 Å². The van der Waals surface area contributed by atoms with E-state index in [2.05, 4.69) is 12.0 Å². The fraction of sp³-hybridized carbons (Fsp3) is 0.381. The van der Waals surface area contributed by atoms with E-state index in [1.165, 1.54) is 16.6 Å². The number of nitrogens with zero attached hydrogens (tertiary/aromatic N) is 4. The van der Waals surface area contributed by atoms with Crippen LogP contribution in [0.5, 0.6) is 0 Å². The van der Waals surface area contributed by atoms with Crippen molar-refractivity contribution in [2.24, 2.45) is 5.92 Å². The minimum absolute atomic E-state index is 0.0965. The van der Waals surface area contributed by atoms with Crippen LogP contribution >= 0.6 is 0 Å². The number of aromatic nitrogens is 3. The van der Waals surface area contributed by atoms with Crippen molar-refractivity contribution in [3.05, 3.63) is 58.9 Å². The van der Waals surface area contributed by atoms with Gasteiger partial charge in [0.2, 0.25) is 5.91 Å². The van der Waals surface area contributed by atoms with Crippen LogP contribution in [-0.2, 0) is 11.3 Å². The second kappa shape index (κ2) is 7.58. The van der Waals surface area contributed by atoms with Crippen LogP contribution in [0.15, 0.2) is 47.5 Å². The summed E-state index contributed by atoms with van der Waals surface area (Å²) in [7, 11) is 0. The molecule has 1 amide bonds. The van der Waals surface area contributed by atoms with Crippen molar-refractivity contribution < 1.29 is 9.18 Å². The van der Waals surface area contributed by atoms with E-state index < -0.39 is 0 Å². The van der Waals surface area contributed by atoms with Gasteiger partial charge in [-0.05, 0) is 49.1 Å². The Hall–Kier alpha value is -2.96. The number of hydrogen-bond donors (Lipinski definition) is 0. The molecule has 7 heteroatoms. The molecule has 0 atom stereocenters. The lowest BCUT2D eigenvalue weighted by Gasteiger charge is -2.30. The smallest absolute Gasteiger partial charge is 0.276 e. The molecule has 6 nitrogen and oxygen atoms in total. The van der Waals surface area contributed by atoms with Gasteiger partial charge in [-0.1, -0.05) is 6.92 Å². The average Bonchev–Trinajstić information content (AvgIpc) is 3.13. The van der Waals surface area contributed by atoms with Crippen molar-refractivity contribution in [1.82, 2.24) is 19.1 Å². The van der Waals surface area contributed by atoms with E-state index in [1.807, 2.05) is 4.90 Å². The van der Waals surface area contributed by atoms with Crippen LogP contribution in [0.2, 0.25) is 0 Å². The molecule has 1 aliphatic rings. The van der Waals surface area contributed by atoms with E-state index in [0.717, 1.165) is 31.5 Å². The van der Waals surface area contributed by atoms with Crippen LogP contribution in [0.1, 0.15) is 26.2 Å². The van der Waals surface area contributed by atoms with Crippen LogP contribution in [-0.4, -0.2) is 38.1 Å². The predicted octanol–water partition coefficient (Wildman–Crippen LogP) is 2.95. The zero-order valence-corrected chi connectivity index (χ0v) is 15.8. The third-order valence-corrected chi connectivity index (χ3v) is 5.45. The van der Waals surface area contributed by atoms with Crippen LogP contribution in [0.3, 0.4) is 0 Å². The number of carbonyl (C=O) groups is 1. The van der Waals surface area contributed by atoms with E-state index in [0.29, 0.717) is 30.1 Å². The van der Waals surface area contributed by atoms with Gasteiger partial charge in [-0.15, -0.1) is 0 Å².